The molecule has 0 atom stereocenters. The van der Waals surface area contributed by atoms with Gasteiger partial charge in [-0.2, -0.15) is 0 Å². The number of aliphatic carboxylic acids is 1. The van der Waals surface area contributed by atoms with Gasteiger partial charge < -0.3 is 5.11 Å². The van der Waals surface area contributed by atoms with Crippen LogP contribution in [0.5, 0.6) is 0 Å². The van der Waals surface area contributed by atoms with Gasteiger partial charge in [-0.3, -0.25) is 39.9 Å². The third-order valence-electron chi connectivity index (χ3n) is 3.05. The first-order valence-electron chi connectivity index (χ1n) is 5.63. The maximum absolute atomic E-state index is 11.5. The molecule has 0 amide bonds. The average molecular weight is 315 g/mol. The average Bonchev–Trinajstić information content (AvgIpc) is 2.36. The van der Waals surface area contributed by atoms with Crippen LogP contribution in [0.2, 0.25) is 0 Å². The number of nitro groups is 3. The molecule has 0 aromatic heterocycles. The molecule has 0 unspecified atom stereocenters. The first kappa shape index (κ1) is 16.9. The normalized spacial score (nSPS) is 24.0. The fourth-order valence-corrected chi connectivity index (χ4v) is 2.19. The minimum atomic E-state index is -2.87. The van der Waals surface area contributed by atoms with E-state index in [1.165, 1.54) is 0 Å². The van der Waals surface area contributed by atoms with E-state index in [1.807, 2.05) is 0 Å². The topological polar surface area (TPSA) is 184 Å². The molecule has 118 valence electrons. The minimum absolute atomic E-state index is 0.393. The second kappa shape index (κ2) is 5.67. The summed E-state index contributed by atoms with van der Waals surface area (Å²) in [4.78, 5) is 52.1. The Morgan fingerprint density at radius 1 is 1.14 bits per heavy atom. The quantitative estimate of drug-likeness (QED) is 0.520. The van der Waals surface area contributed by atoms with Crippen molar-refractivity contribution in [3.63, 3.8) is 0 Å². The molecule has 0 aromatic carbocycles. The van der Waals surface area contributed by atoms with Crippen molar-refractivity contribution in [3.8, 4) is 0 Å². The van der Waals surface area contributed by atoms with Gasteiger partial charge in [-0.1, -0.05) is 0 Å². The molecule has 0 saturated heterocycles. The Balaban J connectivity index is 3.75. The molecule has 0 bridgehead atoms. The van der Waals surface area contributed by atoms with Crippen LogP contribution in [0.25, 0.3) is 0 Å². The summed E-state index contributed by atoms with van der Waals surface area (Å²) < 4.78 is 0. The zero-order valence-electron chi connectivity index (χ0n) is 11.0. The van der Waals surface area contributed by atoms with E-state index in [-0.39, 0.29) is 0 Å². The lowest BCUT2D eigenvalue weighted by molar-refractivity contribution is -0.510. The van der Waals surface area contributed by atoms with Gasteiger partial charge in [-0.15, -0.1) is 0 Å². The highest BCUT2D eigenvalue weighted by atomic mass is 16.6. The molecule has 1 rings (SSSR count). The number of carboxylic acid groups (broad SMARTS) is 1. The lowest BCUT2D eigenvalue weighted by Crippen LogP contribution is -2.45. The summed E-state index contributed by atoms with van der Waals surface area (Å²) in [6, 6.07) is -1.93. The zero-order chi connectivity index (χ0) is 17.2. The fourth-order valence-electron chi connectivity index (χ4n) is 2.19. The Kier molecular flexibility index (Phi) is 4.35. The molecule has 0 aromatic rings. The molecule has 0 radical (unpaired) electrons. The van der Waals surface area contributed by atoms with Crippen molar-refractivity contribution in [1.29, 1.82) is 0 Å². The van der Waals surface area contributed by atoms with Gasteiger partial charge in [0.05, 0.1) is 22.0 Å². The molecule has 0 fully saturated rings. The zero-order valence-corrected chi connectivity index (χ0v) is 11.0. The van der Waals surface area contributed by atoms with Crippen molar-refractivity contribution in [3.05, 3.63) is 53.9 Å². The third kappa shape index (κ3) is 2.65. The second-order valence-electron chi connectivity index (χ2n) is 4.48. The summed E-state index contributed by atoms with van der Waals surface area (Å²) in [5.74, 6) is -2.86. The number of nitrogens with zero attached hydrogens (tertiary/aromatic N) is 3. The molecule has 12 heteroatoms. The van der Waals surface area contributed by atoms with E-state index in [1.54, 1.807) is 0 Å². The minimum Gasteiger partial charge on any atom is -0.480 e. The van der Waals surface area contributed by atoms with Crippen LogP contribution in [-0.2, 0) is 9.59 Å². The van der Waals surface area contributed by atoms with Crippen molar-refractivity contribution >= 4 is 11.8 Å². The number of carboxylic acids is 1. The third-order valence-corrected chi connectivity index (χ3v) is 3.05. The Morgan fingerprint density at radius 3 is 1.77 bits per heavy atom. The van der Waals surface area contributed by atoms with E-state index in [0.717, 1.165) is 6.92 Å². The van der Waals surface area contributed by atoms with Gasteiger partial charge in [0.15, 0.2) is 0 Å². The molecule has 0 saturated carbocycles. The standard InChI is InChI=1S/C10H9N3O9/c1-5(14)4-10(9(15)16)7(12(19)20)2-6(11(17)18)3-8(10)13(21)22/h2-3,6H,4H2,1H3,(H,15,16). The first-order chi connectivity index (χ1) is 10.0. The number of hydrogen-bond acceptors (Lipinski definition) is 8. The van der Waals surface area contributed by atoms with E-state index < -0.39 is 55.8 Å². The Hall–Kier alpha value is -3.18. The van der Waals surface area contributed by atoms with E-state index in [9.17, 15) is 45.0 Å². The molecule has 0 heterocycles. The van der Waals surface area contributed by atoms with Crippen LogP contribution in [0.1, 0.15) is 13.3 Å². The van der Waals surface area contributed by atoms with Crippen LogP contribution in [0.15, 0.2) is 23.5 Å². The van der Waals surface area contributed by atoms with Gasteiger partial charge in [0, 0.05) is 11.3 Å². The molecular weight excluding hydrogens is 306 g/mol. The lowest BCUT2D eigenvalue weighted by Gasteiger charge is -2.25. The molecule has 1 aliphatic carbocycles. The maximum atomic E-state index is 11.5. The Bertz CT molecular complexity index is 616. The monoisotopic (exact) mass is 315 g/mol. The van der Waals surface area contributed by atoms with Gasteiger partial charge in [-0.25, -0.2) is 0 Å². The highest BCUT2D eigenvalue weighted by molar-refractivity contribution is 5.89. The van der Waals surface area contributed by atoms with E-state index in [4.69, 9.17) is 0 Å². The number of hydrogen-bond donors (Lipinski definition) is 1. The van der Waals surface area contributed by atoms with E-state index >= 15 is 0 Å². The van der Waals surface area contributed by atoms with Crippen molar-refractivity contribution in [2.24, 2.45) is 5.41 Å². The molecular formula is C10H9N3O9. The molecule has 1 N–H and O–H groups in total. The Labute approximate surface area is 121 Å². The summed E-state index contributed by atoms with van der Waals surface area (Å²) in [5, 5.41) is 42.2. The van der Waals surface area contributed by atoms with Gasteiger partial charge in [0.1, 0.15) is 5.78 Å². The largest absolute Gasteiger partial charge is 0.480 e. The summed E-state index contributed by atoms with van der Waals surface area (Å²) in [6.07, 6.45) is -0.277. The smallest absolute Gasteiger partial charge is 0.332 e. The highest BCUT2D eigenvalue weighted by Crippen LogP contribution is 2.43. The summed E-state index contributed by atoms with van der Waals surface area (Å²) in [6.45, 7) is 0.902. The van der Waals surface area contributed by atoms with Crippen LogP contribution in [0.3, 0.4) is 0 Å². The van der Waals surface area contributed by atoms with Crippen LogP contribution in [-0.4, -0.2) is 37.7 Å². The van der Waals surface area contributed by atoms with Gasteiger partial charge >= 0.3 is 5.97 Å². The molecule has 22 heavy (non-hydrogen) atoms. The number of carbonyl (C=O) groups is 2. The molecule has 12 nitrogen and oxygen atoms in total. The van der Waals surface area contributed by atoms with E-state index in [0.29, 0.717) is 12.2 Å². The predicted molar refractivity (Wildman–Crippen MR) is 66.3 cm³/mol. The fraction of sp³-hybridized carbons (Fsp3) is 0.400. The SMILES string of the molecule is CC(=O)CC1(C(=O)O)C([N+](=O)[O-])=CC([N+](=O)[O-])C=C1[N+](=O)[O-]. The number of ketones is 1. The van der Waals surface area contributed by atoms with Crippen LogP contribution in [0, 0.1) is 35.8 Å². The predicted octanol–water partition coefficient (Wildman–Crippen LogP) is 0.0166. The molecule has 0 aliphatic heterocycles. The first-order valence-corrected chi connectivity index (χ1v) is 5.63. The number of carbonyl (C=O) groups excluding carboxylic acids is 1. The molecule has 0 spiro atoms. The van der Waals surface area contributed by atoms with Crippen molar-refractivity contribution in [2.75, 3.05) is 0 Å². The number of Topliss-reactive ketones (excluding diaryl/α,β-unsaturated/α-hetero) is 1. The van der Waals surface area contributed by atoms with Crippen LogP contribution < -0.4 is 0 Å². The molecule has 1 aliphatic rings. The van der Waals surface area contributed by atoms with Gasteiger partial charge in [-0.05, 0) is 6.92 Å². The Morgan fingerprint density at radius 2 is 1.55 bits per heavy atom. The summed E-state index contributed by atoms with van der Waals surface area (Å²) in [7, 11) is 0. The van der Waals surface area contributed by atoms with Crippen molar-refractivity contribution in [2.45, 2.75) is 19.4 Å². The van der Waals surface area contributed by atoms with E-state index in [2.05, 4.69) is 0 Å². The highest BCUT2D eigenvalue weighted by Gasteiger charge is 2.63. The summed E-state index contributed by atoms with van der Waals surface area (Å²) in [5.41, 5.74) is -5.41. The summed E-state index contributed by atoms with van der Waals surface area (Å²) >= 11 is 0. The lowest BCUT2D eigenvalue weighted by atomic mass is 9.73. The van der Waals surface area contributed by atoms with Crippen LogP contribution in [0.4, 0.5) is 0 Å². The second-order valence-corrected chi connectivity index (χ2v) is 4.48. The van der Waals surface area contributed by atoms with Crippen molar-refractivity contribution in [1.82, 2.24) is 0 Å². The number of rotatable bonds is 6. The van der Waals surface area contributed by atoms with Gasteiger partial charge in [0.25, 0.3) is 22.9 Å². The van der Waals surface area contributed by atoms with Crippen LogP contribution >= 0.6 is 0 Å². The van der Waals surface area contributed by atoms with Gasteiger partial charge in [0.2, 0.25) is 0 Å². The van der Waals surface area contributed by atoms with Crippen molar-refractivity contribution < 1.29 is 29.5 Å². The maximum Gasteiger partial charge on any atom is 0.332 e.